The number of nitrogens with zero attached hydrogens (tertiary/aromatic N) is 7. The molecule has 0 radical (unpaired) electrons. The van der Waals surface area contributed by atoms with Crippen LogP contribution in [-0.2, 0) is 34.1 Å². The monoisotopic (exact) mass is 873 g/mol. The first-order valence-corrected chi connectivity index (χ1v) is 19.6. The van der Waals surface area contributed by atoms with E-state index in [4.69, 9.17) is 20.6 Å². The van der Waals surface area contributed by atoms with Crippen molar-refractivity contribution in [3.63, 3.8) is 0 Å². The van der Waals surface area contributed by atoms with Crippen molar-refractivity contribution in [2.75, 3.05) is 0 Å². The minimum atomic E-state index is 0. The van der Waals surface area contributed by atoms with Crippen molar-refractivity contribution in [1.29, 1.82) is 0 Å². The van der Waals surface area contributed by atoms with Crippen LogP contribution in [0, 0.1) is 0 Å². The summed E-state index contributed by atoms with van der Waals surface area (Å²) < 4.78 is 0. The summed E-state index contributed by atoms with van der Waals surface area (Å²) in [6.45, 7) is 25.7. The maximum absolute atomic E-state index is 5.05. The van der Waals surface area contributed by atoms with Gasteiger partial charge in [0.05, 0.1) is 11.4 Å². The Bertz CT molecular complexity index is 1800. The van der Waals surface area contributed by atoms with Gasteiger partial charge in [-0.05, 0) is 110 Å². The van der Waals surface area contributed by atoms with E-state index in [2.05, 4.69) is 107 Å². The number of pyridine rings is 3. The van der Waals surface area contributed by atoms with E-state index in [1.165, 1.54) is 22.3 Å². The number of allylic oxidation sites excluding steroid dienone is 4. The van der Waals surface area contributed by atoms with Crippen LogP contribution in [0.1, 0.15) is 129 Å². The second kappa shape index (κ2) is 27.1. The van der Waals surface area contributed by atoms with Gasteiger partial charge >= 0.3 is 34.1 Å². The Hall–Kier alpha value is -4.65. The minimum Gasteiger partial charge on any atom is -0.440 e. The summed E-state index contributed by atoms with van der Waals surface area (Å²) in [4.78, 5) is 22.4. The average molecular weight is 875 g/mol. The molecule has 0 aliphatic rings. The van der Waals surface area contributed by atoms with Crippen LogP contribution in [0.2, 0.25) is 0 Å². The van der Waals surface area contributed by atoms with Crippen molar-refractivity contribution in [3.05, 3.63) is 172 Å². The van der Waals surface area contributed by atoms with Crippen LogP contribution in [0.25, 0.3) is 10.6 Å². The fourth-order valence-electron chi connectivity index (χ4n) is 5.89. The molecule has 2 aromatic carbocycles. The number of rotatable bonds is 12. The smallest absolute Gasteiger partial charge is 0.440 e. The molecule has 0 amide bonds. The van der Waals surface area contributed by atoms with E-state index in [0.717, 1.165) is 34.2 Å². The van der Waals surface area contributed by atoms with Crippen LogP contribution in [0.5, 0.6) is 0 Å². The molecule has 0 aliphatic heterocycles. The van der Waals surface area contributed by atoms with Crippen molar-refractivity contribution in [2.45, 2.75) is 107 Å². The molecule has 0 atom stereocenters. The number of hydrogen-bond donors (Lipinski definition) is 0. The van der Waals surface area contributed by atoms with Gasteiger partial charge in [-0.2, -0.15) is 0 Å². The third-order valence-electron chi connectivity index (χ3n) is 8.53. The maximum Gasteiger partial charge on any atom is 1.00 e. The molecule has 58 heavy (non-hydrogen) atoms. The largest absolute Gasteiger partial charge is 1.00 e. The Morgan fingerprint density at radius 2 is 0.741 bits per heavy atom. The first-order valence-electron chi connectivity index (χ1n) is 19.6. The van der Waals surface area contributed by atoms with Gasteiger partial charge in [0.1, 0.15) is 0 Å². The fraction of sp³-hybridized carbons (Fsp3) is 0.327. The SMILES string of the molecule is CC(/C=C(/C)[N-]c1cccc([N-]/C(C)=C\C(C)=Nc2c(C(C)C)cccc2C(C)C)n1)=Nc1c(C(C)C)cccc1C(C)C.[Cu+].[Cu+].c1ccncc1.c1ccncc1. The van der Waals surface area contributed by atoms with Crippen LogP contribution >= 0.6 is 0 Å². The molecule has 7 nitrogen and oxygen atoms in total. The van der Waals surface area contributed by atoms with Gasteiger partial charge < -0.3 is 15.6 Å². The second-order valence-electron chi connectivity index (χ2n) is 14.9. The number of benzene rings is 2. The van der Waals surface area contributed by atoms with Gasteiger partial charge in [-0.15, -0.1) is 0 Å². The second-order valence-corrected chi connectivity index (χ2v) is 14.9. The standard InChI is InChI=1S/C39H51N5.2C5H5N.2Cu/c1-24(2)32-16-13-17-33(25(3)4)38(32)42-30(11)22-28(9)40-36-20-15-21-37(44-36)41-29(10)23-31(12)43-39-34(26(5)6)18-14-19-35(39)27(7)8;2*1-2-4-6-5-3-1;;/h13-27H,1-12H3;2*1-5H;;/q-2;;;2*+1/b28-22-,29-23-,42-30?,43-31?;;;;. The third-order valence-corrected chi connectivity index (χ3v) is 8.53. The van der Waals surface area contributed by atoms with E-state index in [0.29, 0.717) is 35.3 Å². The van der Waals surface area contributed by atoms with Crippen molar-refractivity contribution >= 4 is 34.4 Å². The summed E-state index contributed by atoms with van der Waals surface area (Å²) in [5, 5.41) is 9.52. The summed E-state index contributed by atoms with van der Waals surface area (Å²) in [5.41, 5.74) is 10.7. The molecule has 0 saturated heterocycles. The molecule has 0 fully saturated rings. The van der Waals surface area contributed by atoms with Gasteiger partial charge in [-0.25, -0.2) is 0 Å². The van der Waals surface area contributed by atoms with E-state index in [1.807, 2.05) is 94.4 Å². The van der Waals surface area contributed by atoms with E-state index < -0.39 is 0 Å². The zero-order valence-corrected chi connectivity index (χ0v) is 38.1. The molecule has 0 spiro atoms. The average Bonchev–Trinajstić information content (AvgIpc) is 3.16. The first-order chi connectivity index (χ1) is 26.8. The summed E-state index contributed by atoms with van der Waals surface area (Å²) >= 11 is 0. The normalized spacial score (nSPS) is 11.9. The topological polar surface area (TPSA) is 91.6 Å². The van der Waals surface area contributed by atoms with Crippen LogP contribution in [0.4, 0.5) is 23.0 Å². The molecular weight excluding hydrogens is 814 g/mol. The molecule has 3 heterocycles. The van der Waals surface area contributed by atoms with Gasteiger partial charge in [-0.3, -0.25) is 20.0 Å². The molecule has 5 rings (SSSR count). The van der Waals surface area contributed by atoms with E-state index in [1.54, 1.807) is 24.8 Å². The zero-order chi connectivity index (χ0) is 41.0. The van der Waals surface area contributed by atoms with Gasteiger partial charge in [0.25, 0.3) is 0 Å². The molecule has 0 unspecified atom stereocenters. The van der Waals surface area contributed by atoms with Gasteiger partial charge in [0.15, 0.2) is 0 Å². The summed E-state index contributed by atoms with van der Waals surface area (Å²) in [6.07, 6.45) is 11.0. The predicted octanol–water partition coefficient (Wildman–Crippen LogP) is 15.1. The van der Waals surface area contributed by atoms with Gasteiger partial charge in [0, 0.05) is 36.2 Å². The Balaban J connectivity index is 0.00000102. The van der Waals surface area contributed by atoms with E-state index in [9.17, 15) is 0 Å². The summed E-state index contributed by atoms with van der Waals surface area (Å²) in [7, 11) is 0. The van der Waals surface area contributed by atoms with Crippen LogP contribution in [-0.4, -0.2) is 26.4 Å². The number of aliphatic imine (C=N–C) groups is 2. The summed E-state index contributed by atoms with van der Waals surface area (Å²) in [6, 6.07) is 30.2. The Kier molecular flexibility index (Phi) is 24.0. The molecular formula is C49H61Cu2N7. The fourth-order valence-corrected chi connectivity index (χ4v) is 5.89. The molecule has 3 aromatic heterocycles. The van der Waals surface area contributed by atoms with Crippen LogP contribution in [0.15, 0.2) is 149 Å². The molecule has 9 heteroatoms. The first kappa shape index (κ1) is 51.4. The maximum atomic E-state index is 5.05. The van der Waals surface area contributed by atoms with Crippen molar-refractivity contribution in [2.24, 2.45) is 9.98 Å². The summed E-state index contributed by atoms with van der Waals surface area (Å²) in [5.74, 6) is 2.81. The third kappa shape index (κ3) is 17.9. The quantitative estimate of drug-likeness (QED) is 0.0923. The molecule has 0 bridgehead atoms. The van der Waals surface area contributed by atoms with Crippen molar-refractivity contribution in [1.82, 2.24) is 15.0 Å². The number of aromatic nitrogens is 3. The van der Waals surface area contributed by atoms with Crippen molar-refractivity contribution in [3.8, 4) is 0 Å². The Morgan fingerprint density at radius 3 is 0.983 bits per heavy atom. The zero-order valence-electron chi connectivity index (χ0n) is 36.2. The number of hydrogen-bond acceptors (Lipinski definition) is 5. The van der Waals surface area contributed by atoms with Crippen LogP contribution in [0.3, 0.4) is 0 Å². The Morgan fingerprint density at radius 1 is 0.448 bits per heavy atom. The molecule has 314 valence electrons. The Labute approximate surface area is 370 Å². The van der Waals surface area contributed by atoms with Crippen molar-refractivity contribution < 1.29 is 34.1 Å². The van der Waals surface area contributed by atoms with Crippen LogP contribution < -0.4 is 0 Å². The molecule has 0 saturated carbocycles. The van der Waals surface area contributed by atoms with E-state index in [-0.39, 0.29) is 34.1 Å². The molecule has 0 aliphatic carbocycles. The molecule has 5 aromatic rings. The van der Waals surface area contributed by atoms with E-state index >= 15 is 0 Å². The predicted molar refractivity (Wildman–Crippen MR) is 241 cm³/mol. The minimum absolute atomic E-state index is 0. The van der Waals surface area contributed by atoms with Gasteiger partial charge in [-0.1, -0.05) is 145 Å². The molecule has 0 N–H and O–H groups in total. The number of para-hydroxylation sites is 2. The van der Waals surface area contributed by atoms with Gasteiger partial charge in [0.2, 0.25) is 0 Å².